The Bertz CT molecular complexity index is 320. The highest BCUT2D eigenvalue weighted by Crippen LogP contribution is 2.41. The van der Waals surface area contributed by atoms with E-state index in [2.05, 4.69) is 39.0 Å². The van der Waals surface area contributed by atoms with Crippen molar-refractivity contribution in [2.75, 3.05) is 0 Å². The van der Waals surface area contributed by atoms with Crippen LogP contribution in [-0.2, 0) is 4.79 Å². The molecular formula is C15H24O. The molecule has 0 radical (unpaired) electrons. The number of hydrogen-bond donors (Lipinski definition) is 0. The van der Waals surface area contributed by atoms with Crippen molar-refractivity contribution in [3.8, 4) is 0 Å². The zero-order valence-corrected chi connectivity index (χ0v) is 11.2. The van der Waals surface area contributed by atoms with E-state index in [1.54, 1.807) is 6.92 Å². The molecule has 0 aromatic rings. The predicted molar refractivity (Wildman–Crippen MR) is 69.2 cm³/mol. The molecule has 0 spiro atoms. The van der Waals surface area contributed by atoms with E-state index in [-0.39, 0.29) is 11.7 Å². The normalized spacial score (nSPS) is 26.6. The molecule has 0 saturated carbocycles. The van der Waals surface area contributed by atoms with E-state index in [0.29, 0.717) is 11.3 Å². The second-order valence-corrected chi connectivity index (χ2v) is 5.74. The Labute approximate surface area is 99.6 Å². The smallest absolute Gasteiger partial charge is 0.136 e. The van der Waals surface area contributed by atoms with Crippen molar-refractivity contribution < 1.29 is 4.79 Å². The first kappa shape index (κ1) is 13.2. The van der Waals surface area contributed by atoms with Gasteiger partial charge < -0.3 is 0 Å². The van der Waals surface area contributed by atoms with Crippen LogP contribution in [0.5, 0.6) is 0 Å². The van der Waals surface area contributed by atoms with Gasteiger partial charge in [-0.15, -0.1) is 0 Å². The molecule has 0 fully saturated rings. The van der Waals surface area contributed by atoms with Crippen molar-refractivity contribution in [2.24, 2.45) is 17.3 Å². The first-order chi connectivity index (χ1) is 7.34. The molecule has 90 valence electrons. The highest BCUT2D eigenvalue weighted by molar-refractivity contribution is 5.79. The molecule has 1 rings (SSSR count). The molecule has 16 heavy (non-hydrogen) atoms. The molecule has 0 aromatic heterocycles. The van der Waals surface area contributed by atoms with E-state index in [1.807, 2.05) is 6.92 Å². The Balaban J connectivity index is 2.81. The lowest BCUT2D eigenvalue weighted by molar-refractivity contribution is -0.118. The third kappa shape index (κ3) is 3.07. The summed E-state index contributed by atoms with van der Waals surface area (Å²) in [5.41, 5.74) is 1.77. The van der Waals surface area contributed by atoms with Crippen LogP contribution in [0.25, 0.3) is 0 Å². The third-order valence-electron chi connectivity index (χ3n) is 3.82. The quantitative estimate of drug-likeness (QED) is 0.653. The van der Waals surface area contributed by atoms with E-state index in [1.165, 1.54) is 18.4 Å². The van der Waals surface area contributed by atoms with Crippen LogP contribution in [0.4, 0.5) is 0 Å². The summed E-state index contributed by atoms with van der Waals surface area (Å²) in [6.07, 6.45) is 9.05. The van der Waals surface area contributed by atoms with Crippen LogP contribution in [-0.4, -0.2) is 5.78 Å². The van der Waals surface area contributed by atoms with Gasteiger partial charge in [-0.1, -0.05) is 44.6 Å². The van der Waals surface area contributed by atoms with Crippen molar-refractivity contribution in [3.63, 3.8) is 0 Å². The van der Waals surface area contributed by atoms with Gasteiger partial charge in [0.05, 0.1) is 0 Å². The second-order valence-electron chi connectivity index (χ2n) is 5.74. The number of ketones is 1. The summed E-state index contributed by atoms with van der Waals surface area (Å²) in [5.74, 6) is 0.778. The van der Waals surface area contributed by atoms with Gasteiger partial charge in [-0.25, -0.2) is 0 Å². The molecular weight excluding hydrogens is 196 g/mol. The number of rotatable bonds is 3. The maximum Gasteiger partial charge on any atom is 0.136 e. The fourth-order valence-corrected chi connectivity index (χ4v) is 2.40. The fraction of sp³-hybridized carbons (Fsp3) is 0.667. The molecule has 0 heterocycles. The summed E-state index contributed by atoms with van der Waals surface area (Å²) in [6.45, 7) is 10.5. The SMILES string of the molecule is CC(=O)C(C)/C=C/C1C(C)=CCCC1(C)C. The molecule has 0 aliphatic heterocycles. The molecule has 2 unspecified atom stereocenters. The maximum atomic E-state index is 11.2. The van der Waals surface area contributed by atoms with Crippen molar-refractivity contribution >= 4 is 5.78 Å². The lowest BCUT2D eigenvalue weighted by atomic mass is 9.68. The Hall–Kier alpha value is -0.850. The van der Waals surface area contributed by atoms with Gasteiger partial charge in [-0.3, -0.25) is 4.79 Å². The zero-order valence-electron chi connectivity index (χ0n) is 11.2. The fourth-order valence-electron chi connectivity index (χ4n) is 2.40. The average molecular weight is 220 g/mol. The molecule has 0 amide bonds. The number of carbonyl (C=O) groups excluding carboxylic acids is 1. The van der Waals surface area contributed by atoms with Gasteiger partial charge in [0, 0.05) is 11.8 Å². The Morgan fingerprint density at radius 2 is 2.19 bits per heavy atom. The van der Waals surface area contributed by atoms with Crippen LogP contribution in [0.2, 0.25) is 0 Å². The summed E-state index contributed by atoms with van der Waals surface area (Å²) >= 11 is 0. The molecule has 1 heteroatoms. The van der Waals surface area contributed by atoms with Crippen molar-refractivity contribution in [2.45, 2.75) is 47.5 Å². The van der Waals surface area contributed by atoms with Crippen molar-refractivity contribution in [3.05, 3.63) is 23.8 Å². The molecule has 1 aliphatic rings. The lowest BCUT2D eigenvalue weighted by Gasteiger charge is -2.36. The molecule has 1 nitrogen and oxygen atoms in total. The van der Waals surface area contributed by atoms with Gasteiger partial charge in [-0.2, -0.15) is 0 Å². The summed E-state index contributed by atoms with van der Waals surface area (Å²) in [7, 11) is 0. The van der Waals surface area contributed by atoms with Gasteiger partial charge in [0.2, 0.25) is 0 Å². The van der Waals surface area contributed by atoms with Gasteiger partial charge in [-0.05, 0) is 32.1 Å². The summed E-state index contributed by atoms with van der Waals surface area (Å²) in [6, 6.07) is 0. The molecule has 1 aliphatic carbocycles. The maximum absolute atomic E-state index is 11.2. The minimum Gasteiger partial charge on any atom is -0.299 e. The highest BCUT2D eigenvalue weighted by atomic mass is 16.1. The van der Waals surface area contributed by atoms with Crippen LogP contribution in [0.15, 0.2) is 23.8 Å². The van der Waals surface area contributed by atoms with Gasteiger partial charge in [0.25, 0.3) is 0 Å². The van der Waals surface area contributed by atoms with E-state index < -0.39 is 0 Å². The van der Waals surface area contributed by atoms with Gasteiger partial charge in [0.15, 0.2) is 0 Å². The second kappa shape index (κ2) is 4.99. The van der Waals surface area contributed by atoms with E-state index >= 15 is 0 Å². The van der Waals surface area contributed by atoms with E-state index in [0.717, 1.165) is 0 Å². The highest BCUT2D eigenvalue weighted by Gasteiger charge is 2.30. The minimum absolute atomic E-state index is 0.0468. The van der Waals surface area contributed by atoms with Gasteiger partial charge in [0.1, 0.15) is 5.78 Å². The van der Waals surface area contributed by atoms with Crippen molar-refractivity contribution in [1.82, 2.24) is 0 Å². The molecule has 0 bridgehead atoms. The van der Waals surface area contributed by atoms with Gasteiger partial charge >= 0.3 is 0 Å². The van der Waals surface area contributed by atoms with Crippen LogP contribution in [0.1, 0.15) is 47.5 Å². The van der Waals surface area contributed by atoms with Crippen LogP contribution >= 0.6 is 0 Å². The number of hydrogen-bond acceptors (Lipinski definition) is 1. The number of carbonyl (C=O) groups is 1. The Kier molecular flexibility index (Phi) is 4.12. The van der Waals surface area contributed by atoms with Crippen LogP contribution in [0, 0.1) is 17.3 Å². The lowest BCUT2D eigenvalue weighted by Crippen LogP contribution is -2.26. The van der Waals surface area contributed by atoms with E-state index in [9.17, 15) is 4.79 Å². The predicted octanol–water partition coefficient (Wildman–Crippen LogP) is 4.15. The Morgan fingerprint density at radius 1 is 1.56 bits per heavy atom. The van der Waals surface area contributed by atoms with Crippen molar-refractivity contribution in [1.29, 1.82) is 0 Å². The standard InChI is InChI=1S/C15H24O/c1-11(13(3)16)8-9-14-12(2)7-6-10-15(14,4)5/h7-9,11,14H,6,10H2,1-5H3/b9-8+. The van der Waals surface area contributed by atoms with Crippen LogP contribution in [0.3, 0.4) is 0 Å². The average Bonchev–Trinajstić information content (AvgIpc) is 2.15. The summed E-state index contributed by atoms with van der Waals surface area (Å²) in [5, 5.41) is 0. The van der Waals surface area contributed by atoms with E-state index in [4.69, 9.17) is 0 Å². The molecule has 2 atom stereocenters. The third-order valence-corrected chi connectivity index (χ3v) is 3.82. The Morgan fingerprint density at radius 3 is 2.69 bits per heavy atom. The monoisotopic (exact) mass is 220 g/mol. The first-order valence-corrected chi connectivity index (χ1v) is 6.20. The molecule has 0 saturated heterocycles. The number of Topliss-reactive ketones (excluding diaryl/α,β-unsaturated/α-hetero) is 1. The largest absolute Gasteiger partial charge is 0.299 e. The number of allylic oxidation sites excluding steroid dienone is 4. The summed E-state index contributed by atoms with van der Waals surface area (Å²) < 4.78 is 0. The molecule has 0 aromatic carbocycles. The van der Waals surface area contributed by atoms with Crippen LogP contribution < -0.4 is 0 Å². The minimum atomic E-state index is 0.0468. The zero-order chi connectivity index (χ0) is 12.3. The topological polar surface area (TPSA) is 17.1 Å². The molecule has 0 N–H and O–H groups in total. The summed E-state index contributed by atoms with van der Waals surface area (Å²) in [4.78, 5) is 11.2. The first-order valence-electron chi connectivity index (χ1n) is 6.20.